The van der Waals surface area contributed by atoms with E-state index in [0.29, 0.717) is 5.92 Å². The van der Waals surface area contributed by atoms with Crippen LogP contribution in [-0.2, 0) is 4.79 Å². The summed E-state index contributed by atoms with van der Waals surface area (Å²) in [5.41, 5.74) is 0. The molecule has 0 N–H and O–H groups in total. The number of fused-ring (bicyclic) bond motifs is 2. The van der Waals surface area contributed by atoms with Crippen LogP contribution in [0.5, 0.6) is 0 Å². The molecule has 0 saturated heterocycles. The highest BCUT2D eigenvalue weighted by Gasteiger charge is 2.40. The Labute approximate surface area is 113 Å². The standard InChI is InChI=1S/C14H24BrNO/c1-9(2)13(15)14(17)16(3)8-12-7-10-4-5-11(12)6-10/h9-13H,4-8H2,1-3H3. The molecule has 1 amide bonds. The van der Waals surface area contributed by atoms with E-state index >= 15 is 0 Å². The summed E-state index contributed by atoms with van der Waals surface area (Å²) in [5.74, 6) is 3.27. The maximum absolute atomic E-state index is 12.2. The first-order valence-electron chi connectivity index (χ1n) is 6.88. The Bertz CT molecular complexity index is 292. The fourth-order valence-corrected chi connectivity index (χ4v) is 3.89. The lowest BCUT2D eigenvalue weighted by molar-refractivity contribution is -0.130. The van der Waals surface area contributed by atoms with Crippen molar-refractivity contribution in [1.29, 1.82) is 0 Å². The average molecular weight is 302 g/mol. The van der Waals surface area contributed by atoms with Crippen LogP contribution in [0.4, 0.5) is 0 Å². The topological polar surface area (TPSA) is 20.3 Å². The Balaban J connectivity index is 1.85. The highest BCUT2D eigenvalue weighted by atomic mass is 79.9. The maximum Gasteiger partial charge on any atom is 0.236 e. The van der Waals surface area contributed by atoms with Crippen LogP contribution in [-0.4, -0.2) is 29.2 Å². The molecule has 2 fully saturated rings. The lowest BCUT2D eigenvalue weighted by Gasteiger charge is -2.29. The number of nitrogens with zero attached hydrogens (tertiary/aromatic N) is 1. The van der Waals surface area contributed by atoms with E-state index in [4.69, 9.17) is 0 Å². The number of hydrogen-bond donors (Lipinski definition) is 0. The zero-order chi connectivity index (χ0) is 12.6. The number of carbonyl (C=O) groups excluding carboxylic acids is 1. The molecule has 4 unspecified atom stereocenters. The van der Waals surface area contributed by atoms with E-state index in [-0.39, 0.29) is 10.7 Å². The highest BCUT2D eigenvalue weighted by molar-refractivity contribution is 9.10. The van der Waals surface area contributed by atoms with Crippen molar-refractivity contribution in [3.63, 3.8) is 0 Å². The molecule has 17 heavy (non-hydrogen) atoms. The van der Waals surface area contributed by atoms with Crippen LogP contribution >= 0.6 is 15.9 Å². The van der Waals surface area contributed by atoms with Gasteiger partial charge in [-0.05, 0) is 42.9 Å². The number of alkyl halides is 1. The van der Waals surface area contributed by atoms with Crippen LogP contribution in [0, 0.1) is 23.7 Å². The van der Waals surface area contributed by atoms with Crippen molar-refractivity contribution in [3.05, 3.63) is 0 Å². The fourth-order valence-electron chi connectivity index (χ4n) is 3.54. The molecule has 0 heterocycles. The molecule has 3 heteroatoms. The van der Waals surface area contributed by atoms with Gasteiger partial charge in [0.05, 0.1) is 4.83 Å². The van der Waals surface area contributed by atoms with Gasteiger partial charge in [-0.25, -0.2) is 0 Å². The monoisotopic (exact) mass is 301 g/mol. The third-order valence-electron chi connectivity index (χ3n) is 4.59. The van der Waals surface area contributed by atoms with Gasteiger partial charge in [-0.1, -0.05) is 36.2 Å². The first kappa shape index (κ1) is 13.4. The molecule has 2 nitrogen and oxygen atoms in total. The fraction of sp³-hybridized carbons (Fsp3) is 0.929. The summed E-state index contributed by atoms with van der Waals surface area (Å²) in [6.07, 6.45) is 5.62. The summed E-state index contributed by atoms with van der Waals surface area (Å²) < 4.78 is 0. The predicted molar refractivity (Wildman–Crippen MR) is 74.1 cm³/mol. The average Bonchev–Trinajstić information content (AvgIpc) is 2.88. The van der Waals surface area contributed by atoms with Crippen LogP contribution in [0.3, 0.4) is 0 Å². The quantitative estimate of drug-likeness (QED) is 0.730. The van der Waals surface area contributed by atoms with Crippen molar-refractivity contribution in [2.45, 2.75) is 44.4 Å². The molecule has 4 atom stereocenters. The lowest BCUT2D eigenvalue weighted by Crippen LogP contribution is -2.39. The molecule has 0 aromatic rings. The Morgan fingerprint density at radius 2 is 2.06 bits per heavy atom. The third kappa shape index (κ3) is 2.86. The van der Waals surface area contributed by atoms with Crippen molar-refractivity contribution in [1.82, 2.24) is 4.90 Å². The summed E-state index contributed by atoms with van der Waals surface area (Å²) in [6, 6.07) is 0. The molecule has 0 radical (unpaired) electrons. The van der Waals surface area contributed by atoms with Crippen LogP contribution in [0.15, 0.2) is 0 Å². The van der Waals surface area contributed by atoms with E-state index in [1.54, 1.807) is 0 Å². The first-order chi connectivity index (χ1) is 7.99. The molecule has 0 aliphatic heterocycles. The van der Waals surface area contributed by atoms with E-state index < -0.39 is 0 Å². The minimum atomic E-state index is -0.0221. The van der Waals surface area contributed by atoms with Gasteiger partial charge in [-0.15, -0.1) is 0 Å². The van der Waals surface area contributed by atoms with Gasteiger partial charge in [-0.2, -0.15) is 0 Å². The van der Waals surface area contributed by atoms with Gasteiger partial charge in [0.15, 0.2) is 0 Å². The molecular weight excluding hydrogens is 278 g/mol. The SMILES string of the molecule is CC(C)C(Br)C(=O)N(C)CC1CC2CCC1C2. The number of carbonyl (C=O) groups is 1. The molecule has 0 aromatic heterocycles. The highest BCUT2D eigenvalue weighted by Crippen LogP contribution is 2.48. The van der Waals surface area contributed by atoms with Gasteiger partial charge in [-0.3, -0.25) is 4.79 Å². The molecular formula is C14H24BrNO. The van der Waals surface area contributed by atoms with Gasteiger partial charge in [0.2, 0.25) is 5.91 Å². The molecule has 2 aliphatic rings. The smallest absolute Gasteiger partial charge is 0.236 e. The first-order valence-corrected chi connectivity index (χ1v) is 7.79. The minimum Gasteiger partial charge on any atom is -0.344 e. The molecule has 2 bridgehead atoms. The second-order valence-electron chi connectivity index (χ2n) is 6.30. The summed E-state index contributed by atoms with van der Waals surface area (Å²) in [7, 11) is 1.96. The van der Waals surface area contributed by atoms with E-state index in [1.807, 2.05) is 11.9 Å². The molecule has 2 aliphatic carbocycles. The van der Waals surface area contributed by atoms with E-state index in [2.05, 4.69) is 29.8 Å². The van der Waals surface area contributed by atoms with Crippen molar-refractivity contribution in [2.75, 3.05) is 13.6 Å². The zero-order valence-electron chi connectivity index (χ0n) is 11.2. The summed E-state index contributed by atoms with van der Waals surface area (Å²) in [6.45, 7) is 5.14. The van der Waals surface area contributed by atoms with Crippen molar-refractivity contribution in [3.8, 4) is 0 Å². The third-order valence-corrected chi connectivity index (χ3v) is 6.04. The second kappa shape index (κ2) is 5.29. The molecule has 2 saturated carbocycles. The Hall–Kier alpha value is -0.0500. The van der Waals surface area contributed by atoms with Gasteiger partial charge >= 0.3 is 0 Å². The molecule has 0 spiro atoms. The number of hydrogen-bond acceptors (Lipinski definition) is 1. The Morgan fingerprint density at radius 3 is 2.53 bits per heavy atom. The molecule has 2 rings (SSSR count). The summed E-state index contributed by atoms with van der Waals surface area (Å²) >= 11 is 3.51. The summed E-state index contributed by atoms with van der Waals surface area (Å²) in [4.78, 5) is 14.1. The number of halogens is 1. The van der Waals surface area contributed by atoms with Crippen LogP contribution in [0.2, 0.25) is 0 Å². The van der Waals surface area contributed by atoms with E-state index in [1.165, 1.54) is 25.7 Å². The maximum atomic E-state index is 12.2. The molecule has 98 valence electrons. The Morgan fingerprint density at radius 1 is 1.35 bits per heavy atom. The van der Waals surface area contributed by atoms with E-state index in [0.717, 1.165) is 24.3 Å². The Kier molecular flexibility index (Phi) is 4.17. The minimum absolute atomic E-state index is 0.0221. The second-order valence-corrected chi connectivity index (χ2v) is 7.29. The molecule has 0 aromatic carbocycles. The normalized spacial score (nSPS) is 33.1. The van der Waals surface area contributed by atoms with Crippen molar-refractivity contribution in [2.24, 2.45) is 23.7 Å². The van der Waals surface area contributed by atoms with Crippen LogP contribution in [0.1, 0.15) is 39.5 Å². The zero-order valence-corrected chi connectivity index (χ0v) is 12.7. The lowest BCUT2D eigenvalue weighted by atomic mass is 9.88. The predicted octanol–water partition coefficient (Wildman–Crippen LogP) is 3.30. The van der Waals surface area contributed by atoms with Crippen molar-refractivity contribution < 1.29 is 4.79 Å². The van der Waals surface area contributed by atoms with Crippen LogP contribution < -0.4 is 0 Å². The number of rotatable bonds is 4. The van der Waals surface area contributed by atoms with Gasteiger partial charge in [0.25, 0.3) is 0 Å². The largest absolute Gasteiger partial charge is 0.344 e. The van der Waals surface area contributed by atoms with Gasteiger partial charge < -0.3 is 4.90 Å². The summed E-state index contributed by atoms with van der Waals surface area (Å²) in [5, 5.41) is 0. The van der Waals surface area contributed by atoms with Gasteiger partial charge in [0, 0.05) is 13.6 Å². The number of amides is 1. The van der Waals surface area contributed by atoms with E-state index in [9.17, 15) is 4.79 Å². The van der Waals surface area contributed by atoms with Crippen molar-refractivity contribution >= 4 is 21.8 Å². The van der Waals surface area contributed by atoms with Crippen LogP contribution in [0.25, 0.3) is 0 Å². The van der Waals surface area contributed by atoms with Gasteiger partial charge in [0.1, 0.15) is 0 Å².